The Morgan fingerprint density at radius 1 is 0.339 bits per heavy atom. The lowest BCUT2D eigenvalue weighted by molar-refractivity contribution is 1.19. The lowest BCUT2D eigenvalue weighted by atomic mass is 9.96. The fourth-order valence-corrected chi connectivity index (χ4v) is 8.81. The number of nitrogens with zero attached hydrogens (tertiary/aromatic N) is 2. The first-order chi connectivity index (χ1) is 27.8. The quantitative estimate of drug-likeness (QED) is 0.156. The van der Waals surface area contributed by atoms with Gasteiger partial charge in [-0.2, -0.15) is 0 Å². The minimum Gasteiger partial charge on any atom is -0.310 e. The fraction of sp³-hybridized carbons (Fsp3) is 0. The normalized spacial score (nSPS) is 11.6. The van der Waals surface area contributed by atoms with Crippen molar-refractivity contribution in [3.05, 3.63) is 218 Å². The van der Waals surface area contributed by atoms with Crippen molar-refractivity contribution in [1.29, 1.82) is 0 Å². The Morgan fingerprint density at radius 3 is 1.77 bits per heavy atom. The number of aromatic nitrogens is 1. The number of hydrogen-bond acceptors (Lipinski definition) is 1. The monoisotopic (exact) mass is 712 g/mol. The Balaban J connectivity index is 1.16. The Morgan fingerprint density at radius 2 is 0.964 bits per heavy atom. The van der Waals surface area contributed by atoms with Crippen LogP contribution in [0.3, 0.4) is 0 Å². The highest BCUT2D eigenvalue weighted by Crippen LogP contribution is 2.45. The molecule has 0 aliphatic heterocycles. The summed E-state index contributed by atoms with van der Waals surface area (Å²) in [6, 6.07) is 79.5. The largest absolute Gasteiger partial charge is 0.310 e. The van der Waals surface area contributed by atoms with Crippen LogP contribution < -0.4 is 4.90 Å². The van der Waals surface area contributed by atoms with Crippen molar-refractivity contribution in [3.8, 4) is 27.9 Å². The van der Waals surface area contributed by atoms with E-state index < -0.39 is 0 Å². The number of para-hydroxylation sites is 1. The van der Waals surface area contributed by atoms with E-state index in [2.05, 4.69) is 228 Å². The fourth-order valence-electron chi connectivity index (χ4n) is 8.81. The van der Waals surface area contributed by atoms with E-state index in [1.54, 1.807) is 0 Å². The molecule has 0 bridgehead atoms. The average molecular weight is 713 g/mol. The van der Waals surface area contributed by atoms with Crippen molar-refractivity contribution in [1.82, 2.24) is 4.57 Å². The number of benzene rings is 10. The van der Waals surface area contributed by atoms with Crippen LogP contribution in [-0.2, 0) is 0 Å². The molecule has 56 heavy (non-hydrogen) atoms. The molecular weight excluding hydrogens is 677 g/mol. The third-order valence-corrected chi connectivity index (χ3v) is 11.3. The van der Waals surface area contributed by atoms with Gasteiger partial charge >= 0.3 is 0 Å². The van der Waals surface area contributed by atoms with Crippen LogP contribution in [0.4, 0.5) is 17.1 Å². The van der Waals surface area contributed by atoms with Gasteiger partial charge in [-0.3, -0.25) is 0 Å². The summed E-state index contributed by atoms with van der Waals surface area (Å²) in [5.74, 6) is 0. The van der Waals surface area contributed by atoms with Crippen molar-refractivity contribution in [2.75, 3.05) is 4.90 Å². The molecule has 2 nitrogen and oxygen atoms in total. The number of fused-ring (bicyclic) bond motifs is 8. The first kappa shape index (κ1) is 32.0. The predicted molar refractivity (Wildman–Crippen MR) is 239 cm³/mol. The van der Waals surface area contributed by atoms with Crippen LogP contribution in [0.5, 0.6) is 0 Å². The third kappa shape index (κ3) is 5.19. The van der Waals surface area contributed by atoms with Gasteiger partial charge in [0.2, 0.25) is 0 Å². The standard InChI is InChI=1S/C54H36N2/c1-3-15-37(16-4-1)38-29-32-43(33-30-38)55(52-36-41-18-8-9-23-45(41)48-25-11-12-26-49(48)52)44-22-13-19-40(35-44)46-27-14-28-51-53(46)50-34-31-39-17-7-10-24-47(39)54(50)56(51)42-20-5-2-6-21-42/h1-36H. The minimum atomic E-state index is 1.10. The van der Waals surface area contributed by atoms with Crippen molar-refractivity contribution in [2.45, 2.75) is 0 Å². The summed E-state index contributed by atoms with van der Waals surface area (Å²) in [6.07, 6.45) is 0. The van der Waals surface area contributed by atoms with Crippen molar-refractivity contribution in [3.63, 3.8) is 0 Å². The molecule has 0 aliphatic rings. The summed E-state index contributed by atoms with van der Waals surface area (Å²) in [7, 11) is 0. The zero-order valence-corrected chi connectivity index (χ0v) is 30.7. The molecule has 11 aromatic rings. The molecule has 1 heterocycles. The van der Waals surface area contributed by atoms with E-state index in [4.69, 9.17) is 0 Å². The summed E-state index contributed by atoms with van der Waals surface area (Å²) < 4.78 is 2.45. The highest BCUT2D eigenvalue weighted by molar-refractivity contribution is 6.22. The highest BCUT2D eigenvalue weighted by Gasteiger charge is 2.21. The van der Waals surface area contributed by atoms with Crippen molar-refractivity contribution < 1.29 is 0 Å². The lowest BCUT2D eigenvalue weighted by Crippen LogP contribution is -2.10. The van der Waals surface area contributed by atoms with Gasteiger partial charge in [-0.15, -0.1) is 0 Å². The molecule has 0 amide bonds. The third-order valence-electron chi connectivity index (χ3n) is 11.3. The van der Waals surface area contributed by atoms with Crippen LogP contribution >= 0.6 is 0 Å². The van der Waals surface area contributed by atoms with E-state index in [9.17, 15) is 0 Å². The Labute approximate surface area is 325 Å². The summed E-state index contributed by atoms with van der Waals surface area (Å²) in [5, 5.41) is 9.92. The van der Waals surface area contributed by atoms with Crippen molar-refractivity contribution >= 4 is 71.2 Å². The molecule has 0 atom stereocenters. The van der Waals surface area contributed by atoms with E-state index in [-0.39, 0.29) is 0 Å². The Kier molecular flexibility index (Phi) is 7.53. The maximum atomic E-state index is 2.45. The van der Waals surface area contributed by atoms with E-state index in [1.165, 1.54) is 76.4 Å². The molecule has 0 saturated heterocycles. The molecule has 0 unspecified atom stereocenters. The smallest absolute Gasteiger partial charge is 0.0619 e. The van der Waals surface area contributed by atoms with Crippen LogP contribution in [0.2, 0.25) is 0 Å². The lowest BCUT2D eigenvalue weighted by Gasteiger charge is -2.28. The summed E-state index contributed by atoms with van der Waals surface area (Å²) >= 11 is 0. The van der Waals surface area contributed by atoms with Gasteiger partial charge in [0.1, 0.15) is 0 Å². The maximum absolute atomic E-state index is 2.45. The molecule has 10 aromatic carbocycles. The average Bonchev–Trinajstić information content (AvgIpc) is 3.63. The molecule has 2 heteroatoms. The van der Waals surface area contributed by atoms with Crippen LogP contribution in [-0.4, -0.2) is 4.57 Å². The van der Waals surface area contributed by atoms with E-state index in [1.807, 2.05) is 0 Å². The van der Waals surface area contributed by atoms with Crippen LogP contribution in [0.25, 0.3) is 82.1 Å². The van der Waals surface area contributed by atoms with Crippen LogP contribution in [0.15, 0.2) is 218 Å². The molecular formula is C54H36N2. The van der Waals surface area contributed by atoms with Gasteiger partial charge in [0.15, 0.2) is 0 Å². The number of rotatable bonds is 6. The van der Waals surface area contributed by atoms with Gasteiger partial charge < -0.3 is 9.47 Å². The molecule has 0 aliphatic carbocycles. The van der Waals surface area contributed by atoms with Gasteiger partial charge in [-0.25, -0.2) is 0 Å². The predicted octanol–water partition coefficient (Wildman–Crippen LogP) is 15.0. The van der Waals surface area contributed by atoms with E-state index >= 15 is 0 Å². The zero-order valence-electron chi connectivity index (χ0n) is 30.7. The van der Waals surface area contributed by atoms with Crippen LogP contribution in [0, 0.1) is 0 Å². The molecule has 0 N–H and O–H groups in total. The van der Waals surface area contributed by atoms with Gasteiger partial charge in [-0.1, -0.05) is 170 Å². The second kappa shape index (κ2) is 13.2. The number of hydrogen-bond donors (Lipinski definition) is 0. The first-order valence-corrected chi connectivity index (χ1v) is 19.3. The maximum Gasteiger partial charge on any atom is 0.0619 e. The van der Waals surface area contributed by atoms with Gasteiger partial charge in [0.05, 0.1) is 16.7 Å². The molecule has 262 valence electrons. The van der Waals surface area contributed by atoms with E-state index in [0.717, 1.165) is 22.7 Å². The topological polar surface area (TPSA) is 8.17 Å². The van der Waals surface area contributed by atoms with Crippen molar-refractivity contribution in [2.24, 2.45) is 0 Å². The minimum absolute atomic E-state index is 1.10. The SMILES string of the molecule is c1ccc(-c2ccc(N(c3cccc(-c4cccc5c4c4ccc6ccccc6c4n5-c4ccccc4)c3)c3cc4ccccc4c4ccccc34)cc2)cc1. The molecule has 0 spiro atoms. The molecule has 1 aromatic heterocycles. The highest BCUT2D eigenvalue weighted by atomic mass is 15.1. The summed E-state index contributed by atoms with van der Waals surface area (Å²) in [5.41, 5.74) is 11.7. The van der Waals surface area contributed by atoms with Gasteiger partial charge in [-0.05, 0) is 92.3 Å². The summed E-state index contributed by atoms with van der Waals surface area (Å²) in [6.45, 7) is 0. The summed E-state index contributed by atoms with van der Waals surface area (Å²) in [4.78, 5) is 2.44. The van der Waals surface area contributed by atoms with E-state index in [0.29, 0.717) is 0 Å². The molecule has 0 radical (unpaired) electrons. The van der Waals surface area contributed by atoms with Gasteiger partial charge in [0.25, 0.3) is 0 Å². The van der Waals surface area contributed by atoms with Crippen LogP contribution in [0.1, 0.15) is 0 Å². The molecule has 11 rings (SSSR count). The number of anilines is 3. The van der Waals surface area contributed by atoms with Gasteiger partial charge in [0, 0.05) is 38.6 Å². The first-order valence-electron chi connectivity index (χ1n) is 19.3. The molecule has 0 fully saturated rings. The zero-order chi connectivity index (χ0) is 37.0. The Bertz CT molecular complexity index is 3230. The molecule has 0 saturated carbocycles. The second-order valence-electron chi connectivity index (χ2n) is 14.5. The Hall–Kier alpha value is -7.42. The second-order valence-corrected chi connectivity index (χ2v) is 14.5.